The van der Waals surface area contributed by atoms with Gasteiger partial charge in [-0.15, -0.1) is 16.9 Å². The fourth-order valence-electron chi connectivity index (χ4n) is 2.57. The van der Waals surface area contributed by atoms with Gasteiger partial charge >= 0.3 is 0 Å². The molecule has 3 N–H and O–H groups in total. The summed E-state index contributed by atoms with van der Waals surface area (Å²) in [6.07, 6.45) is 3.40. The molecular formula is C18H18Cl2N6O2S. The number of pyridine rings is 1. The molecule has 0 fully saturated rings. The second-order valence-corrected chi connectivity index (χ2v) is 7.70. The number of aromatic nitrogens is 4. The Kier molecular flexibility index (Phi) is 6.96. The van der Waals surface area contributed by atoms with E-state index in [-0.39, 0.29) is 18.6 Å². The molecule has 8 nitrogen and oxygen atoms in total. The number of halogens is 2. The third-order valence-electron chi connectivity index (χ3n) is 3.90. The fourth-order valence-corrected chi connectivity index (χ4v) is 3.47. The second-order valence-electron chi connectivity index (χ2n) is 5.95. The molecular weight excluding hydrogens is 435 g/mol. The Morgan fingerprint density at radius 2 is 2.07 bits per heavy atom. The number of nitrogens with zero attached hydrogens (tertiary/aromatic N) is 4. The van der Waals surface area contributed by atoms with Gasteiger partial charge in [-0.25, -0.2) is 4.98 Å². The van der Waals surface area contributed by atoms with Gasteiger partial charge in [-0.05, 0) is 43.5 Å². The quantitative estimate of drug-likeness (QED) is 0.371. The molecule has 0 saturated heterocycles. The predicted octanol–water partition coefficient (Wildman–Crippen LogP) is 3.54. The zero-order valence-corrected chi connectivity index (χ0v) is 17.9. The van der Waals surface area contributed by atoms with Crippen LogP contribution < -0.4 is 10.6 Å². The molecule has 0 spiro atoms. The van der Waals surface area contributed by atoms with Crippen molar-refractivity contribution < 1.29 is 9.90 Å². The highest BCUT2D eigenvalue weighted by Gasteiger charge is 2.21. The molecule has 0 bridgehead atoms. The maximum absolute atomic E-state index is 12.7. The van der Waals surface area contributed by atoms with Crippen LogP contribution in [0.5, 0.6) is 0 Å². The van der Waals surface area contributed by atoms with E-state index < -0.39 is 6.04 Å². The zero-order valence-electron chi connectivity index (χ0n) is 15.6. The molecule has 1 amide bonds. The smallest absolute Gasteiger partial charge is 0.251 e. The molecule has 0 aliphatic rings. The Balaban J connectivity index is 1.89. The average molecular weight is 453 g/mol. The number of aliphatic hydroxyl groups excluding tert-OH is 1. The van der Waals surface area contributed by atoms with E-state index in [4.69, 9.17) is 28.3 Å². The van der Waals surface area contributed by atoms with Crippen LogP contribution in [-0.4, -0.2) is 43.7 Å². The van der Waals surface area contributed by atoms with Gasteiger partial charge in [0.25, 0.3) is 5.91 Å². The van der Waals surface area contributed by atoms with Crippen molar-refractivity contribution in [2.24, 2.45) is 0 Å². The van der Waals surface area contributed by atoms with Crippen LogP contribution in [0.4, 0.5) is 5.95 Å². The molecule has 0 saturated carbocycles. The van der Waals surface area contributed by atoms with Gasteiger partial charge in [0.15, 0.2) is 11.6 Å². The summed E-state index contributed by atoms with van der Waals surface area (Å²) in [7, 11) is 0. The molecule has 2 aromatic heterocycles. The van der Waals surface area contributed by atoms with Crippen molar-refractivity contribution in [3.05, 3.63) is 58.0 Å². The Morgan fingerprint density at radius 1 is 1.28 bits per heavy atom. The van der Waals surface area contributed by atoms with Gasteiger partial charge in [-0.1, -0.05) is 23.2 Å². The molecule has 0 aliphatic carbocycles. The zero-order chi connectivity index (χ0) is 21.0. The van der Waals surface area contributed by atoms with Gasteiger partial charge in [-0.3, -0.25) is 4.79 Å². The Hall–Kier alpha value is -2.33. The molecule has 1 unspecified atom stereocenters. The number of hydrogen-bond donors (Lipinski definition) is 3. The van der Waals surface area contributed by atoms with E-state index in [1.807, 2.05) is 6.26 Å². The van der Waals surface area contributed by atoms with Crippen LogP contribution >= 0.6 is 35.0 Å². The van der Waals surface area contributed by atoms with Crippen LogP contribution in [0.2, 0.25) is 10.0 Å². The lowest BCUT2D eigenvalue weighted by Gasteiger charge is -2.14. The molecule has 3 rings (SSSR count). The van der Waals surface area contributed by atoms with Gasteiger partial charge in [-0.2, -0.15) is 9.67 Å². The molecule has 3 aromatic rings. The minimum Gasteiger partial charge on any atom is -0.376 e. The highest BCUT2D eigenvalue weighted by Crippen LogP contribution is 2.23. The normalized spacial score (nSPS) is 11.9. The third kappa shape index (κ3) is 5.18. The first-order valence-electron chi connectivity index (χ1n) is 8.50. The lowest BCUT2D eigenvalue weighted by atomic mass is 10.2. The topological polar surface area (TPSA) is 105 Å². The number of aliphatic hydroxyl groups is 1. The van der Waals surface area contributed by atoms with E-state index in [0.717, 1.165) is 4.90 Å². The van der Waals surface area contributed by atoms with E-state index in [1.54, 1.807) is 37.3 Å². The molecule has 1 aromatic carbocycles. The predicted molar refractivity (Wildman–Crippen MR) is 114 cm³/mol. The standard InChI is InChI=1S/C18H18Cl2N6O2S/c1-10(23-17(28)11-5-13(20)7-14(6-11)29-2)16-24-18(22-9-27)25-26(16)15-4-3-12(19)8-21-15/h3-8,10,27H,9H2,1-2H3,(H,22,25)(H,23,28). The van der Waals surface area contributed by atoms with Crippen molar-refractivity contribution in [2.75, 3.05) is 18.3 Å². The highest BCUT2D eigenvalue weighted by molar-refractivity contribution is 7.98. The van der Waals surface area contributed by atoms with E-state index in [2.05, 4.69) is 25.7 Å². The van der Waals surface area contributed by atoms with E-state index in [0.29, 0.717) is 27.3 Å². The highest BCUT2D eigenvalue weighted by atomic mass is 35.5. The van der Waals surface area contributed by atoms with Crippen LogP contribution in [0.25, 0.3) is 5.82 Å². The summed E-state index contributed by atoms with van der Waals surface area (Å²) in [4.78, 5) is 22.2. The number of rotatable bonds is 7. The maximum Gasteiger partial charge on any atom is 0.251 e. The number of hydrogen-bond acceptors (Lipinski definition) is 7. The number of carbonyl (C=O) groups excluding carboxylic acids is 1. The molecule has 2 heterocycles. The van der Waals surface area contributed by atoms with Crippen LogP contribution in [-0.2, 0) is 0 Å². The van der Waals surface area contributed by atoms with E-state index >= 15 is 0 Å². The summed E-state index contributed by atoms with van der Waals surface area (Å²) in [6.45, 7) is 1.44. The number of anilines is 1. The van der Waals surface area contributed by atoms with E-state index in [1.165, 1.54) is 22.6 Å². The first kappa shape index (κ1) is 21.4. The Bertz CT molecular complexity index is 1010. The Labute approximate surface area is 181 Å². The summed E-state index contributed by atoms with van der Waals surface area (Å²) in [5.41, 5.74) is 0.443. The molecule has 11 heteroatoms. The number of nitrogens with one attached hydrogen (secondary N) is 2. The van der Waals surface area contributed by atoms with Crippen LogP contribution in [0.15, 0.2) is 41.4 Å². The van der Waals surface area contributed by atoms with Crippen LogP contribution in [0, 0.1) is 0 Å². The van der Waals surface area contributed by atoms with Gasteiger partial charge in [0.2, 0.25) is 5.95 Å². The lowest BCUT2D eigenvalue weighted by molar-refractivity contribution is 0.0937. The van der Waals surface area contributed by atoms with Crippen molar-refractivity contribution in [2.45, 2.75) is 17.9 Å². The second kappa shape index (κ2) is 9.45. The minimum absolute atomic E-state index is 0.202. The molecule has 0 aliphatic heterocycles. The fraction of sp³-hybridized carbons (Fsp3) is 0.222. The van der Waals surface area contributed by atoms with Crippen molar-refractivity contribution in [3.8, 4) is 5.82 Å². The van der Waals surface area contributed by atoms with Gasteiger partial charge in [0.1, 0.15) is 6.73 Å². The van der Waals surface area contributed by atoms with E-state index in [9.17, 15) is 4.79 Å². The van der Waals surface area contributed by atoms with Crippen molar-refractivity contribution >= 4 is 46.8 Å². The number of carbonyl (C=O) groups is 1. The number of amides is 1. The summed E-state index contributed by atoms with van der Waals surface area (Å²) < 4.78 is 1.48. The van der Waals surface area contributed by atoms with Gasteiger partial charge in [0, 0.05) is 21.7 Å². The third-order valence-corrected chi connectivity index (χ3v) is 5.05. The largest absolute Gasteiger partial charge is 0.376 e. The van der Waals surface area contributed by atoms with Crippen LogP contribution in [0.3, 0.4) is 0 Å². The average Bonchev–Trinajstić information content (AvgIpc) is 3.12. The molecule has 1 atom stereocenters. The molecule has 29 heavy (non-hydrogen) atoms. The minimum atomic E-state index is -0.515. The van der Waals surface area contributed by atoms with Gasteiger partial charge < -0.3 is 15.7 Å². The molecule has 0 radical (unpaired) electrons. The van der Waals surface area contributed by atoms with Gasteiger partial charge in [0.05, 0.1) is 11.1 Å². The Morgan fingerprint density at radius 3 is 2.72 bits per heavy atom. The molecule has 152 valence electrons. The van der Waals surface area contributed by atoms with Crippen molar-refractivity contribution in [3.63, 3.8) is 0 Å². The summed E-state index contributed by atoms with van der Waals surface area (Å²) in [6, 6.07) is 8.00. The number of benzene rings is 1. The summed E-state index contributed by atoms with van der Waals surface area (Å²) >= 11 is 13.5. The SMILES string of the molecule is CSc1cc(Cl)cc(C(=O)NC(C)c2nc(NCO)nn2-c2ccc(Cl)cn2)c1. The first-order chi connectivity index (χ1) is 13.9. The summed E-state index contributed by atoms with van der Waals surface area (Å²) in [5.74, 6) is 0.797. The maximum atomic E-state index is 12.7. The first-order valence-corrected chi connectivity index (χ1v) is 10.5. The number of thioether (sulfide) groups is 1. The van der Waals surface area contributed by atoms with Crippen LogP contribution in [0.1, 0.15) is 29.1 Å². The van der Waals surface area contributed by atoms with Crippen molar-refractivity contribution in [1.82, 2.24) is 25.1 Å². The monoisotopic (exact) mass is 452 g/mol. The lowest BCUT2D eigenvalue weighted by Crippen LogP contribution is -2.29. The summed E-state index contributed by atoms with van der Waals surface area (Å²) in [5, 5.41) is 19.9. The van der Waals surface area contributed by atoms with Crippen molar-refractivity contribution in [1.29, 1.82) is 0 Å².